The standard InChI is InChI=1S/C18H25N3O4/c1-5-23-18(24-6-2,25-7-3)17(22)16-13-19-20-21(16)14(4)15-11-9-8-10-12-15/h8-14H,5-7H2,1-4H3/t14-/m1/s1. The minimum atomic E-state index is -1.78. The van der Waals surface area contributed by atoms with Gasteiger partial charge in [0.2, 0.25) is 0 Å². The molecule has 0 N–H and O–H groups in total. The van der Waals surface area contributed by atoms with E-state index in [0.29, 0.717) is 0 Å². The average Bonchev–Trinajstić information content (AvgIpc) is 3.11. The lowest BCUT2D eigenvalue weighted by Gasteiger charge is -2.30. The van der Waals surface area contributed by atoms with Gasteiger partial charge in [-0.2, -0.15) is 0 Å². The zero-order chi connectivity index (χ0) is 18.3. The van der Waals surface area contributed by atoms with Crippen molar-refractivity contribution in [3.63, 3.8) is 0 Å². The number of nitrogens with zero attached hydrogens (tertiary/aromatic N) is 3. The molecular formula is C18H25N3O4. The Morgan fingerprint density at radius 2 is 1.64 bits per heavy atom. The predicted molar refractivity (Wildman–Crippen MR) is 92.2 cm³/mol. The van der Waals surface area contributed by atoms with E-state index in [4.69, 9.17) is 14.2 Å². The van der Waals surface area contributed by atoms with Crippen LogP contribution >= 0.6 is 0 Å². The van der Waals surface area contributed by atoms with E-state index in [1.807, 2.05) is 37.3 Å². The fraction of sp³-hybridized carbons (Fsp3) is 0.500. The van der Waals surface area contributed by atoms with Crippen molar-refractivity contribution in [1.29, 1.82) is 0 Å². The molecule has 136 valence electrons. The molecule has 0 fully saturated rings. The first-order chi connectivity index (χ1) is 12.1. The fourth-order valence-corrected chi connectivity index (χ4v) is 2.61. The number of aromatic nitrogens is 3. The van der Waals surface area contributed by atoms with Crippen molar-refractivity contribution in [3.8, 4) is 0 Å². The molecule has 0 bridgehead atoms. The largest absolute Gasteiger partial charge is 0.353 e. The molecule has 2 rings (SSSR count). The van der Waals surface area contributed by atoms with E-state index in [2.05, 4.69) is 10.3 Å². The molecule has 7 nitrogen and oxygen atoms in total. The molecule has 0 spiro atoms. The van der Waals surface area contributed by atoms with E-state index in [0.717, 1.165) is 5.56 Å². The lowest BCUT2D eigenvalue weighted by atomic mass is 10.1. The molecule has 25 heavy (non-hydrogen) atoms. The van der Waals surface area contributed by atoms with Gasteiger partial charge in [0.1, 0.15) is 5.69 Å². The zero-order valence-electron chi connectivity index (χ0n) is 15.1. The summed E-state index contributed by atoms with van der Waals surface area (Å²) in [4.78, 5) is 13.2. The van der Waals surface area contributed by atoms with Crippen LogP contribution in [0.4, 0.5) is 0 Å². The minimum Gasteiger partial charge on any atom is -0.321 e. The van der Waals surface area contributed by atoms with Gasteiger partial charge in [-0.3, -0.25) is 4.79 Å². The molecule has 0 aliphatic heterocycles. The Morgan fingerprint density at radius 1 is 1.08 bits per heavy atom. The van der Waals surface area contributed by atoms with Gasteiger partial charge in [-0.1, -0.05) is 35.5 Å². The summed E-state index contributed by atoms with van der Waals surface area (Å²) >= 11 is 0. The molecule has 0 radical (unpaired) electrons. The van der Waals surface area contributed by atoms with E-state index in [9.17, 15) is 4.79 Å². The molecule has 1 aromatic carbocycles. The van der Waals surface area contributed by atoms with Crippen molar-refractivity contribution in [2.75, 3.05) is 19.8 Å². The SMILES string of the molecule is CCOC(OCC)(OCC)C(=O)c1cnnn1[C@H](C)c1ccccc1. The van der Waals surface area contributed by atoms with E-state index >= 15 is 0 Å². The predicted octanol–water partition coefficient (Wildman–Crippen LogP) is 2.83. The second kappa shape index (κ2) is 8.84. The van der Waals surface area contributed by atoms with Crippen LogP contribution in [0.2, 0.25) is 0 Å². The maximum absolute atomic E-state index is 13.2. The molecule has 0 aliphatic rings. The second-order valence-electron chi connectivity index (χ2n) is 5.33. The van der Waals surface area contributed by atoms with Gasteiger partial charge in [0.25, 0.3) is 5.78 Å². The van der Waals surface area contributed by atoms with Crippen molar-refractivity contribution in [2.45, 2.75) is 39.7 Å². The molecule has 1 heterocycles. The summed E-state index contributed by atoms with van der Waals surface area (Å²) in [6.45, 7) is 8.09. The van der Waals surface area contributed by atoms with Crippen LogP contribution in [0.3, 0.4) is 0 Å². The number of carbonyl (C=O) groups excluding carboxylic acids is 1. The van der Waals surface area contributed by atoms with Crippen LogP contribution in [0.1, 0.15) is 49.8 Å². The topological polar surface area (TPSA) is 75.5 Å². The lowest BCUT2D eigenvalue weighted by molar-refractivity contribution is -0.339. The second-order valence-corrected chi connectivity index (χ2v) is 5.33. The molecule has 7 heteroatoms. The third kappa shape index (κ3) is 4.12. The summed E-state index contributed by atoms with van der Waals surface area (Å²) in [7, 11) is 0. The number of hydrogen-bond donors (Lipinski definition) is 0. The Hall–Kier alpha value is -2.09. The Balaban J connectivity index is 2.40. The van der Waals surface area contributed by atoms with Gasteiger partial charge in [0, 0.05) is 0 Å². The number of benzene rings is 1. The van der Waals surface area contributed by atoms with Crippen molar-refractivity contribution in [3.05, 3.63) is 47.8 Å². The van der Waals surface area contributed by atoms with Crippen LogP contribution in [-0.2, 0) is 14.2 Å². The minimum absolute atomic E-state index is 0.176. The maximum Gasteiger partial charge on any atom is 0.353 e. The van der Waals surface area contributed by atoms with Crippen molar-refractivity contribution in [1.82, 2.24) is 15.0 Å². The maximum atomic E-state index is 13.2. The van der Waals surface area contributed by atoms with E-state index in [1.54, 1.807) is 25.5 Å². The molecule has 0 unspecified atom stereocenters. The number of Topliss-reactive ketones (excluding diaryl/α,β-unsaturated/α-hetero) is 1. The van der Waals surface area contributed by atoms with Gasteiger partial charge in [0.15, 0.2) is 0 Å². The Morgan fingerprint density at radius 3 is 2.16 bits per heavy atom. The van der Waals surface area contributed by atoms with Gasteiger partial charge in [0.05, 0.1) is 32.1 Å². The quantitative estimate of drug-likeness (QED) is 0.486. The number of hydrogen-bond acceptors (Lipinski definition) is 6. The van der Waals surface area contributed by atoms with Crippen LogP contribution < -0.4 is 0 Å². The molecule has 1 atom stereocenters. The van der Waals surface area contributed by atoms with Gasteiger partial charge in [-0.25, -0.2) is 4.68 Å². The molecular weight excluding hydrogens is 322 g/mol. The number of ketones is 1. The van der Waals surface area contributed by atoms with E-state index in [-0.39, 0.29) is 31.6 Å². The smallest absolute Gasteiger partial charge is 0.321 e. The van der Waals surface area contributed by atoms with Crippen molar-refractivity contribution >= 4 is 5.78 Å². The number of rotatable bonds is 10. The first-order valence-electron chi connectivity index (χ1n) is 8.51. The molecule has 0 aliphatic carbocycles. The van der Waals surface area contributed by atoms with Crippen LogP contribution in [0, 0.1) is 0 Å². The highest BCUT2D eigenvalue weighted by Gasteiger charge is 2.44. The Labute approximate surface area is 147 Å². The number of ether oxygens (including phenoxy) is 3. The van der Waals surface area contributed by atoms with Gasteiger partial charge < -0.3 is 14.2 Å². The first-order valence-corrected chi connectivity index (χ1v) is 8.51. The number of carbonyl (C=O) groups is 1. The highest BCUT2D eigenvalue weighted by Crippen LogP contribution is 2.25. The Bertz CT molecular complexity index is 655. The van der Waals surface area contributed by atoms with E-state index < -0.39 is 11.8 Å². The van der Waals surface area contributed by atoms with Gasteiger partial charge in [-0.15, -0.1) is 5.10 Å². The van der Waals surface area contributed by atoms with Crippen LogP contribution in [0.15, 0.2) is 36.5 Å². The van der Waals surface area contributed by atoms with Crippen LogP contribution in [-0.4, -0.2) is 46.6 Å². The molecule has 0 amide bonds. The third-order valence-corrected chi connectivity index (χ3v) is 3.74. The van der Waals surface area contributed by atoms with Gasteiger partial charge >= 0.3 is 5.97 Å². The summed E-state index contributed by atoms with van der Waals surface area (Å²) in [6, 6.07) is 9.59. The third-order valence-electron chi connectivity index (χ3n) is 3.74. The monoisotopic (exact) mass is 347 g/mol. The van der Waals surface area contributed by atoms with Crippen LogP contribution in [0.5, 0.6) is 0 Å². The van der Waals surface area contributed by atoms with Crippen molar-refractivity contribution < 1.29 is 19.0 Å². The summed E-state index contributed by atoms with van der Waals surface area (Å²) < 4.78 is 18.3. The van der Waals surface area contributed by atoms with Crippen molar-refractivity contribution in [2.24, 2.45) is 0 Å². The first kappa shape index (κ1) is 19.2. The molecule has 2 aromatic rings. The highest BCUT2D eigenvalue weighted by atomic mass is 16.9. The fourth-order valence-electron chi connectivity index (χ4n) is 2.61. The van der Waals surface area contributed by atoms with E-state index in [1.165, 1.54) is 6.20 Å². The normalized spacial score (nSPS) is 13.0. The average molecular weight is 347 g/mol. The summed E-state index contributed by atoms with van der Waals surface area (Å²) in [5.74, 6) is -2.24. The molecule has 0 saturated heterocycles. The summed E-state index contributed by atoms with van der Waals surface area (Å²) in [5.41, 5.74) is 1.28. The molecule has 1 aromatic heterocycles. The highest BCUT2D eigenvalue weighted by molar-refractivity contribution is 5.99. The summed E-state index contributed by atoms with van der Waals surface area (Å²) in [5, 5.41) is 8.00. The van der Waals surface area contributed by atoms with Crippen LogP contribution in [0.25, 0.3) is 0 Å². The van der Waals surface area contributed by atoms with Gasteiger partial charge in [-0.05, 0) is 33.3 Å². The Kier molecular flexibility index (Phi) is 6.81. The zero-order valence-corrected chi connectivity index (χ0v) is 15.1. The molecule has 0 saturated carbocycles. The lowest BCUT2D eigenvalue weighted by Crippen LogP contribution is -2.48. The summed E-state index contributed by atoms with van der Waals surface area (Å²) in [6.07, 6.45) is 1.41.